The van der Waals surface area contributed by atoms with Gasteiger partial charge in [-0.25, -0.2) is 0 Å². The lowest BCUT2D eigenvalue weighted by Gasteiger charge is -2.02. The summed E-state index contributed by atoms with van der Waals surface area (Å²) < 4.78 is 5.17. The van der Waals surface area contributed by atoms with Gasteiger partial charge in [0.1, 0.15) is 0 Å². The van der Waals surface area contributed by atoms with Crippen LogP contribution in [0.25, 0.3) is 11.3 Å². The summed E-state index contributed by atoms with van der Waals surface area (Å²) in [7, 11) is 0. The molecule has 1 amide bonds. The van der Waals surface area contributed by atoms with Crippen LogP contribution in [0.2, 0.25) is 5.02 Å². The van der Waals surface area contributed by atoms with E-state index in [9.17, 15) is 4.79 Å². The van der Waals surface area contributed by atoms with Gasteiger partial charge in [0.2, 0.25) is 0 Å². The molecule has 0 fully saturated rings. The highest BCUT2D eigenvalue weighted by Gasteiger charge is 2.13. The molecule has 7 heteroatoms. The maximum Gasteiger partial charge on any atom is 0.273 e. The molecule has 0 saturated carbocycles. The van der Waals surface area contributed by atoms with Crippen molar-refractivity contribution in [2.45, 2.75) is 6.92 Å². The number of carbonyl (C=O) groups is 1. The van der Waals surface area contributed by atoms with Crippen molar-refractivity contribution in [1.82, 2.24) is 15.8 Å². The summed E-state index contributed by atoms with van der Waals surface area (Å²) in [5, 5.41) is 10.3. The molecule has 2 aromatic rings. The molecule has 0 aliphatic carbocycles. The third-order valence-electron chi connectivity index (χ3n) is 2.69. The predicted molar refractivity (Wildman–Crippen MR) is 85.1 cm³/mol. The second kappa shape index (κ2) is 8.67. The first-order chi connectivity index (χ1) is 9.70. The van der Waals surface area contributed by atoms with E-state index in [0.717, 1.165) is 18.7 Å². The molecule has 0 radical (unpaired) electrons. The third-order valence-corrected chi connectivity index (χ3v) is 2.92. The molecule has 0 atom stereocenters. The van der Waals surface area contributed by atoms with Gasteiger partial charge in [0, 0.05) is 29.7 Å². The number of halogens is 2. The van der Waals surface area contributed by atoms with Crippen molar-refractivity contribution in [2.75, 3.05) is 19.6 Å². The Morgan fingerprint density at radius 2 is 2.14 bits per heavy atom. The van der Waals surface area contributed by atoms with Crippen LogP contribution in [0.4, 0.5) is 0 Å². The number of rotatable bonds is 6. The summed E-state index contributed by atoms with van der Waals surface area (Å²) in [5.41, 5.74) is 1.05. The summed E-state index contributed by atoms with van der Waals surface area (Å²) in [6, 6.07) is 8.80. The van der Waals surface area contributed by atoms with E-state index in [1.54, 1.807) is 18.2 Å². The second-order valence-corrected chi connectivity index (χ2v) is 4.63. The number of likely N-dealkylation sites (N-methyl/N-ethyl adjacent to an activating group) is 1. The van der Waals surface area contributed by atoms with E-state index >= 15 is 0 Å². The Kier molecular flexibility index (Phi) is 7.22. The molecule has 5 nitrogen and oxygen atoms in total. The van der Waals surface area contributed by atoms with E-state index in [-0.39, 0.29) is 24.0 Å². The minimum Gasteiger partial charge on any atom is -0.355 e. The van der Waals surface area contributed by atoms with Crippen LogP contribution >= 0.6 is 24.0 Å². The van der Waals surface area contributed by atoms with Crippen molar-refractivity contribution in [1.29, 1.82) is 0 Å². The van der Waals surface area contributed by atoms with Gasteiger partial charge in [0.15, 0.2) is 11.5 Å². The third kappa shape index (κ3) is 5.04. The number of hydrogen-bond donors (Lipinski definition) is 2. The number of benzene rings is 1. The van der Waals surface area contributed by atoms with E-state index in [0.29, 0.717) is 17.3 Å². The summed E-state index contributed by atoms with van der Waals surface area (Å²) in [5.74, 6) is 0.268. The Balaban J connectivity index is 0.00000220. The van der Waals surface area contributed by atoms with Gasteiger partial charge in [0.05, 0.1) is 0 Å². The number of nitrogens with one attached hydrogen (secondary N) is 2. The van der Waals surface area contributed by atoms with Crippen LogP contribution in [-0.2, 0) is 0 Å². The molecule has 2 rings (SSSR count). The summed E-state index contributed by atoms with van der Waals surface area (Å²) in [6.45, 7) is 4.16. The molecule has 0 saturated heterocycles. The highest BCUT2D eigenvalue weighted by molar-refractivity contribution is 6.30. The average molecular weight is 330 g/mol. The molecule has 1 aromatic carbocycles. The minimum atomic E-state index is -0.250. The zero-order valence-electron chi connectivity index (χ0n) is 11.6. The molecule has 21 heavy (non-hydrogen) atoms. The molecule has 0 spiro atoms. The van der Waals surface area contributed by atoms with Crippen molar-refractivity contribution in [2.24, 2.45) is 0 Å². The van der Waals surface area contributed by atoms with Crippen molar-refractivity contribution < 1.29 is 9.32 Å². The van der Waals surface area contributed by atoms with E-state index in [1.807, 2.05) is 19.1 Å². The van der Waals surface area contributed by atoms with Gasteiger partial charge in [-0.3, -0.25) is 4.79 Å². The lowest BCUT2D eigenvalue weighted by molar-refractivity contribution is 0.0945. The first-order valence-corrected chi connectivity index (χ1v) is 6.80. The number of nitrogens with zero attached hydrogens (tertiary/aromatic N) is 1. The molecule has 0 aliphatic heterocycles. The van der Waals surface area contributed by atoms with E-state index in [2.05, 4.69) is 15.8 Å². The van der Waals surface area contributed by atoms with Crippen LogP contribution < -0.4 is 10.6 Å². The van der Waals surface area contributed by atoms with E-state index in [4.69, 9.17) is 16.1 Å². The highest BCUT2D eigenvalue weighted by atomic mass is 35.5. The van der Waals surface area contributed by atoms with Gasteiger partial charge in [-0.15, -0.1) is 12.4 Å². The fourth-order valence-corrected chi connectivity index (χ4v) is 1.88. The van der Waals surface area contributed by atoms with Crippen molar-refractivity contribution in [3.63, 3.8) is 0 Å². The number of aromatic nitrogens is 1. The van der Waals surface area contributed by atoms with Crippen LogP contribution in [0.15, 0.2) is 34.9 Å². The Hall–Kier alpha value is -1.56. The molecule has 114 valence electrons. The summed E-state index contributed by atoms with van der Waals surface area (Å²) in [4.78, 5) is 11.8. The van der Waals surface area contributed by atoms with Crippen LogP contribution in [0.5, 0.6) is 0 Å². The minimum absolute atomic E-state index is 0. The molecule has 0 bridgehead atoms. The van der Waals surface area contributed by atoms with Gasteiger partial charge in [-0.1, -0.05) is 35.8 Å². The zero-order valence-corrected chi connectivity index (χ0v) is 13.1. The Bertz CT molecular complexity index is 587. The monoisotopic (exact) mass is 329 g/mol. The fourth-order valence-electron chi connectivity index (χ4n) is 1.69. The number of amides is 1. The summed E-state index contributed by atoms with van der Waals surface area (Å²) in [6.07, 6.45) is 0. The smallest absolute Gasteiger partial charge is 0.273 e. The Morgan fingerprint density at radius 1 is 1.33 bits per heavy atom. The van der Waals surface area contributed by atoms with Crippen molar-refractivity contribution >= 4 is 29.9 Å². The van der Waals surface area contributed by atoms with Gasteiger partial charge < -0.3 is 15.2 Å². The van der Waals surface area contributed by atoms with Crippen LogP contribution in [0.3, 0.4) is 0 Å². The molecule has 2 N–H and O–H groups in total. The molecule has 1 heterocycles. The largest absolute Gasteiger partial charge is 0.355 e. The number of hydrogen-bond acceptors (Lipinski definition) is 4. The SMILES string of the molecule is CCNCCNC(=O)c1cc(-c2cccc(Cl)c2)on1.Cl. The van der Waals surface area contributed by atoms with Gasteiger partial charge >= 0.3 is 0 Å². The first kappa shape index (κ1) is 17.5. The van der Waals surface area contributed by atoms with Gasteiger partial charge in [-0.05, 0) is 18.7 Å². The fraction of sp³-hybridized carbons (Fsp3) is 0.286. The molecule has 1 aromatic heterocycles. The van der Waals surface area contributed by atoms with Crippen LogP contribution in [0.1, 0.15) is 17.4 Å². The standard InChI is InChI=1S/C14H16ClN3O2.ClH/c1-2-16-6-7-17-14(19)12-9-13(20-18-12)10-4-3-5-11(15)8-10;/h3-5,8-9,16H,2,6-7H2,1H3,(H,17,19);1H. The first-order valence-electron chi connectivity index (χ1n) is 6.42. The second-order valence-electron chi connectivity index (χ2n) is 4.20. The molecular weight excluding hydrogens is 313 g/mol. The van der Waals surface area contributed by atoms with E-state index < -0.39 is 0 Å². The topological polar surface area (TPSA) is 67.2 Å². The van der Waals surface area contributed by atoms with Crippen LogP contribution in [-0.4, -0.2) is 30.7 Å². The lowest BCUT2D eigenvalue weighted by Crippen LogP contribution is -2.31. The maximum absolute atomic E-state index is 11.8. The normalized spacial score (nSPS) is 10.0. The number of carbonyl (C=O) groups excluding carboxylic acids is 1. The quantitative estimate of drug-likeness (QED) is 0.799. The Morgan fingerprint density at radius 3 is 2.86 bits per heavy atom. The lowest BCUT2D eigenvalue weighted by atomic mass is 10.1. The van der Waals surface area contributed by atoms with Crippen molar-refractivity contribution in [3.8, 4) is 11.3 Å². The summed E-state index contributed by atoms with van der Waals surface area (Å²) >= 11 is 5.91. The molecule has 0 aliphatic rings. The van der Waals surface area contributed by atoms with Crippen LogP contribution in [0, 0.1) is 0 Å². The molecule has 0 unspecified atom stereocenters. The van der Waals surface area contributed by atoms with Gasteiger partial charge in [-0.2, -0.15) is 0 Å². The highest BCUT2D eigenvalue weighted by Crippen LogP contribution is 2.23. The van der Waals surface area contributed by atoms with Gasteiger partial charge in [0.25, 0.3) is 5.91 Å². The van der Waals surface area contributed by atoms with Crippen molar-refractivity contribution in [3.05, 3.63) is 41.0 Å². The Labute approximate surface area is 134 Å². The molecular formula is C14H17Cl2N3O2. The maximum atomic E-state index is 11.8. The average Bonchev–Trinajstić information content (AvgIpc) is 2.93. The van der Waals surface area contributed by atoms with E-state index in [1.165, 1.54) is 0 Å². The predicted octanol–water partition coefficient (Wildman–Crippen LogP) is 2.76. The zero-order chi connectivity index (χ0) is 14.4.